The Bertz CT molecular complexity index is 771. The highest BCUT2D eigenvalue weighted by molar-refractivity contribution is 7.14. The van der Waals surface area contributed by atoms with Crippen molar-refractivity contribution in [2.45, 2.75) is 48.8 Å². The lowest BCUT2D eigenvalue weighted by Gasteiger charge is -2.59. The number of carbonyl (C=O) groups is 1. The zero-order valence-corrected chi connectivity index (χ0v) is 15.6. The number of nitrogens with one attached hydrogen (secondary N) is 1. The number of thiophene rings is 1. The van der Waals surface area contributed by atoms with Gasteiger partial charge >= 0.3 is 0 Å². The second-order valence-corrected chi connectivity index (χ2v) is 10.5. The summed E-state index contributed by atoms with van der Waals surface area (Å²) in [5.41, 5.74) is 1.31. The predicted octanol–water partition coefficient (Wildman–Crippen LogP) is 5.29. The summed E-state index contributed by atoms with van der Waals surface area (Å²) in [7, 11) is 0. The van der Waals surface area contributed by atoms with Crippen molar-refractivity contribution in [1.82, 2.24) is 4.98 Å². The van der Waals surface area contributed by atoms with Gasteiger partial charge in [0.25, 0.3) is 5.91 Å². The smallest absolute Gasteiger partial charge is 0.267 e. The molecule has 0 radical (unpaired) electrons. The van der Waals surface area contributed by atoms with E-state index >= 15 is 0 Å². The van der Waals surface area contributed by atoms with E-state index in [0.717, 1.165) is 28.8 Å². The highest BCUT2D eigenvalue weighted by atomic mass is 35.5. The van der Waals surface area contributed by atoms with E-state index in [1.165, 1.54) is 43.4 Å². The van der Waals surface area contributed by atoms with Crippen LogP contribution >= 0.6 is 34.3 Å². The molecule has 1 amide bonds. The van der Waals surface area contributed by atoms with E-state index in [0.29, 0.717) is 5.13 Å². The van der Waals surface area contributed by atoms with Crippen LogP contribution in [-0.2, 0) is 5.41 Å². The molecule has 6 heteroatoms. The fourth-order valence-electron chi connectivity index (χ4n) is 5.59. The van der Waals surface area contributed by atoms with Crippen molar-refractivity contribution in [1.29, 1.82) is 0 Å². The maximum atomic E-state index is 12.2. The number of rotatable bonds is 3. The number of thiazole rings is 1. The summed E-state index contributed by atoms with van der Waals surface area (Å²) >= 11 is 9.93. The molecule has 3 nitrogen and oxygen atoms in total. The van der Waals surface area contributed by atoms with Crippen LogP contribution in [0, 0.1) is 11.8 Å². The quantitative estimate of drug-likeness (QED) is 0.737. The first kappa shape index (κ1) is 15.4. The van der Waals surface area contributed by atoms with Crippen LogP contribution in [-0.4, -0.2) is 15.8 Å². The minimum absolute atomic E-state index is 0.00587. The topological polar surface area (TPSA) is 42.0 Å². The summed E-state index contributed by atoms with van der Waals surface area (Å²) in [6.45, 7) is 0. The molecule has 4 aliphatic carbocycles. The average molecular weight is 379 g/mol. The van der Waals surface area contributed by atoms with Crippen LogP contribution in [0.1, 0.15) is 53.9 Å². The molecule has 4 bridgehead atoms. The number of anilines is 1. The first-order chi connectivity index (χ1) is 11.5. The molecule has 4 aliphatic rings. The summed E-state index contributed by atoms with van der Waals surface area (Å²) in [4.78, 5) is 17.8. The van der Waals surface area contributed by atoms with Crippen molar-refractivity contribution in [3.05, 3.63) is 33.5 Å². The maximum Gasteiger partial charge on any atom is 0.267 e. The first-order valence-corrected chi connectivity index (χ1v) is 10.7. The largest absolute Gasteiger partial charge is 0.297 e. The van der Waals surface area contributed by atoms with E-state index in [9.17, 15) is 4.79 Å². The molecule has 2 aromatic rings. The molecule has 4 atom stereocenters. The minimum atomic E-state index is -0.0646. The molecule has 126 valence electrons. The summed E-state index contributed by atoms with van der Waals surface area (Å²) in [5, 5.41) is 7.73. The van der Waals surface area contributed by atoms with Crippen LogP contribution < -0.4 is 5.32 Å². The average Bonchev–Trinajstić information content (AvgIpc) is 3.16. The summed E-state index contributed by atoms with van der Waals surface area (Å²) in [5.74, 6) is 1.45. The van der Waals surface area contributed by atoms with Crippen molar-refractivity contribution in [2.24, 2.45) is 11.8 Å². The Hall–Kier alpha value is -0.910. The van der Waals surface area contributed by atoms with E-state index in [2.05, 4.69) is 10.7 Å². The Balaban J connectivity index is 1.40. The number of hydrogen-bond donors (Lipinski definition) is 1. The van der Waals surface area contributed by atoms with E-state index < -0.39 is 0 Å². The molecule has 6 rings (SSSR count). The van der Waals surface area contributed by atoms with Gasteiger partial charge in [0.15, 0.2) is 5.13 Å². The lowest BCUT2D eigenvalue weighted by Crippen LogP contribution is -2.55. The lowest BCUT2D eigenvalue weighted by atomic mass is 9.48. The van der Waals surface area contributed by atoms with Crippen LogP contribution in [0.5, 0.6) is 0 Å². The van der Waals surface area contributed by atoms with Gasteiger partial charge in [-0.2, -0.15) is 0 Å². The Morgan fingerprint density at radius 2 is 2.04 bits per heavy atom. The molecule has 4 fully saturated rings. The Morgan fingerprint density at radius 3 is 2.71 bits per heavy atom. The number of amides is 1. The van der Waals surface area contributed by atoms with Gasteiger partial charge in [-0.05, 0) is 61.8 Å². The summed E-state index contributed by atoms with van der Waals surface area (Å²) in [6, 6.07) is 3.73. The normalized spacial score (nSPS) is 36.9. The zero-order chi connectivity index (χ0) is 16.4. The number of halogens is 1. The Kier molecular flexibility index (Phi) is 3.39. The van der Waals surface area contributed by atoms with Crippen LogP contribution in [0.15, 0.2) is 22.9 Å². The molecule has 24 heavy (non-hydrogen) atoms. The van der Waals surface area contributed by atoms with Gasteiger partial charge in [-0.25, -0.2) is 4.98 Å². The van der Waals surface area contributed by atoms with Gasteiger partial charge in [0.05, 0.1) is 10.6 Å². The molecule has 1 N–H and O–H groups in total. The van der Waals surface area contributed by atoms with Gasteiger partial charge in [0.1, 0.15) is 0 Å². The molecule has 0 spiro atoms. The predicted molar refractivity (Wildman–Crippen MR) is 99.3 cm³/mol. The second kappa shape index (κ2) is 5.29. The molecule has 2 aromatic heterocycles. The molecular formula is C18H19ClN2OS2. The van der Waals surface area contributed by atoms with Crippen molar-refractivity contribution >= 4 is 45.3 Å². The molecule has 2 heterocycles. The fraction of sp³-hybridized carbons (Fsp3) is 0.556. The van der Waals surface area contributed by atoms with Crippen molar-refractivity contribution < 1.29 is 4.79 Å². The highest BCUT2D eigenvalue weighted by Gasteiger charge is 2.58. The van der Waals surface area contributed by atoms with Gasteiger partial charge in [-0.3, -0.25) is 10.1 Å². The second-order valence-electron chi connectivity index (χ2n) is 7.86. The molecular weight excluding hydrogens is 360 g/mol. The third-order valence-corrected chi connectivity index (χ3v) is 8.07. The molecule has 0 saturated heterocycles. The van der Waals surface area contributed by atoms with Gasteiger partial charge in [0.2, 0.25) is 0 Å². The number of nitrogens with zero attached hydrogens (tertiary/aromatic N) is 1. The summed E-state index contributed by atoms with van der Waals surface area (Å²) < 4.78 is 0. The maximum absolute atomic E-state index is 12.2. The van der Waals surface area contributed by atoms with E-state index in [1.807, 2.05) is 17.5 Å². The third kappa shape index (κ3) is 2.44. The molecule has 0 aromatic carbocycles. The number of hydrogen-bond acceptors (Lipinski definition) is 4. The number of alkyl halides is 1. The first-order valence-electron chi connectivity index (χ1n) is 8.53. The zero-order valence-electron chi connectivity index (χ0n) is 13.3. The number of aromatic nitrogens is 1. The highest BCUT2D eigenvalue weighted by Crippen LogP contribution is 2.64. The van der Waals surface area contributed by atoms with Crippen LogP contribution in [0.3, 0.4) is 0 Å². The van der Waals surface area contributed by atoms with Crippen molar-refractivity contribution in [2.75, 3.05) is 5.32 Å². The van der Waals surface area contributed by atoms with Crippen LogP contribution in [0.2, 0.25) is 0 Å². The minimum Gasteiger partial charge on any atom is -0.297 e. The van der Waals surface area contributed by atoms with Crippen LogP contribution in [0.25, 0.3) is 0 Å². The monoisotopic (exact) mass is 378 g/mol. The van der Waals surface area contributed by atoms with Gasteiger partial charge in [-0.1, -0.05) is 6.07 Å². The standard InChI is InChI=1S/C18H19ClN2OS2/c19-18-7-11-4-12(8-18)6-17(5-11,10-18)14-9-24-16(20-14)21-15(22)13-2-1-3-23-13/h1-3,9,11-12H,4-8,10H2,(H,20,21,22)/t11-,12+,17?,18?. The summed E-state index contributed by atoms with van der Waals surface area (Å²) in [6.07, 6.45) is 7.21. The number of carbonyl (C=O) groups excluding carboxylic acids is 1. The SMILES string of the molecule is O=C(Nc1nc(C23C[C@@H]4C[C@@H](CC(Cl)(C4)C2)C3)cs1)c1cccs1. The molecule has 2 unspecified atom stereocenters. The van der Waals surface area contributed by atoms with Gasteiger partial charge < -0.3 is 0 Å². The third-order valence-electron chi connectivity index (χ3n) is 6.00. The lowest BCUT2D eigenvalue weighted by molar-refractivity contribution is 0.00720. The van der Waals surface area contributed by atoms with Crippen molar-refractivity contribution in [3.63, 3.8) is 0 Å². The van der Waals surface area contributed by atoms with E-state index in [4.69, 9.17) is 16.6 Å². The van der Waals surface area contributed by atoms with Gasteiger partial charge in [0, 0.05) is 15.7 Å². The van der Waals surface area contributed by atoms with E-state index in [-0.39, 0.29) is 16.2 Å². The van der Waals surface area contributed by atoms with Crippen molar-refractivity contribution in [3.8, 4) is 0 Å². The molecule has 0 aliphatic heterocycles. The fourth-order valence-corrected chi connectivity index (χ4v) is 7.73. The van der Waals surface area contributed by atoms with E-state index in [1.54, 1.807) is 11.3 Å². The Morgan fingerprint density at radius 1 is 1.25 bits per heavy atom. The molecule has 4 saturated carbocycles. The Labute approximate surface area is 154 Å². The van der Waals surface area contributed by atoms with Crippen LogP contribution in [0.4, 0.5) is 5.13 Å². The van der Waals surface area contributed by atoms with Gasteiger partial charge in [-0.15, -0.1) is 34.3 Å².